The van der Waals surface area contributed by atoms with Crippen LogP contribution in [0.5, 0.6) is 0 Å². The number of para-hydroxylation sites is 2. The Morgan fingerprint density at radius 2 is 2.13 bits per heavy atom. The summed E-state index contributed by atoms with van der Waals surface area (Å²) in [7, 11) is 0. The summed E-state index contributed by atoms with van der Waals surface area (Å²) in [5.74, 6) is -0.242. The third-order valence-corrected chi connectivity index (χ3v) is 3.42. The number of imidazole rings is 1. The second kappa shape index (κ2) is 6.15. The molecule has 2 heterocycles. The van der Waals surface area contributed by atoms with Crippen molar-refractivity contribution in [1.29, 1.82) is 0 Å². The van der Waals surface area contributed by atoms with E-state index in [-0.39, 0.29) is 18.2 Å². The Bertz CT molecular complexity index is 814. The molecule has 23 heavy (non-hydrogen) atoms. The van der Waals surface area contributed by atoms with E-state index in [2.05, 4.69) is 20.0 Å². The number of amides is 1. The summed E-state index contributed by atoms with van der Waals surface area (Å²) in [6.07, 6.45) is 1.37. The molecule has 0 aliphatic rings. The van der Waals surface area contributed by atoms with Gasteiger partial charge in [0.05, 0.1) is 29.2 Å². The summed E-state index contributed by atoms with van der Waals surface area (Å²) in [5.41, 5.74) is 1.26. The number of nitrogens with zero attached hydrogens (tertiary/aromatic N) is 3. The van der Waals surface area contributed by atoms with E-state index in [4.69, 9.17) is 0 Å². The second-order valence-corrected chi connectivity index (χ2v) is 5.06. The van der Waals surface area contributed by atoms with Crippen molar-refractivity contribution in [3.05, 3.63) is 48.1 Å². The van der Waals surface area contributed by atoms with Gasteiger partial charge in [0.2, 0.25) is 5.91 Å². The molecule has 0 radical (unpaired) electrons. The molecule has 0 saturated carbocycles. The molecule has 0 bridgehead atoms. The second-order valence-electron chi connectivity index (χ2n) is 5.06. The van der Waals surface area contributed by atoms with E-state index in [1.165, 1.54) is 6.26 Å². The monoisotopic (exact) mass is 320 g/mol. The first-order valence-corrected chi connectivity index (χ1v) is 7.00. The molecule has 3 aromatic rings. The highest BCUT2D eigenvalue weighted by Gasteiger charge is 2.23. The van der Waals surface area contributed by atoms with E-state index in [1.54, 1.807) is 37.3 Å². The van der Waals surface area contributed by atoms with Crippen LogP contribution >= 0.6 is 0 Å². The summed E-state index contributed by atoms with van der Waals surface area (Å²) < 4.78 is 32.2. The van der Waals surface area contributed by atoms with Crippen LogP contribution in [0.1, 0.15) is 31.0 Å². The third kappa shape index (κ3) is 3.05. The van der Waals surface area contributed by atoms with Crippen molar-refractivity contribution in [3.8, 4) is 0 Å². The van der Waals surface area contributed by atoms with E-state index >= 15 is 0 Å². The molecule has 6 nitrogen and oxygen atoms in total. The van der Waals surface area contributed by atoms with Gasteiger partial charge in [0.15, 0.2) is 0 Å². The van der Waals surface area contributed by atoms with Crippen LogP contribution in [0.3, 0.4) is 0 Å². The van der Waals surface area contributed by atoms with Crippen molar-refractivity contribution < 1.29 is 18.1 Å². The highest BCUT2D eigenvalue weighted by molar-refractivity contribution is 5.79. The zero-order valence-corrected chi connectivity index (χ0v) is 12.2. The maximum atomic E-state index is 13.4. The van der Waals surface area contributed by atoms with E-state index in [9.17, 15) is 13.6 Å². The lowest BCUT2D eigenvalue weighted by molar-refractivity contribution is -0.121. The molecule has 1 atom stereocenters. The lowest BCUT2D eigenvalue weighted by Crippen LogP contribution is -2.30. The number of benzene rings is 1. The number of fused-ring (bicyclic) bond motifs is 1. The summed E-state index contributed by atoms with van der Waals surface area (Å²) in [5, 5.41) is 6.29. The van der Waals surface area contributed by atoms with Crippen LogP contribution in [0.15, 0.2) is 41.1 Å². The standard InChI is InChI=1S/C15H14F2N4O2/c1-9(18-13(22)8-10-6-7-23-20-10)14-19-11-4-2-3-5-12(11)21(14)15(16)17/h2-7,9,15H,8H2,1H3,(H,18,22). The number of carbonyl (C=O) groups is 1. The fraction of sp³-hybridized carbons (Fsp3) is 0.267. The maximum absolute atomic E-state index is 13.4. The summed E-state index contributed by atoms with van der Waals surface area (Å²) in [4.78, 5) is 16.2. The maximum Gasteiger partial charge on any atom is 0.320 e. The molecule has 0 spiro atoms. The Hall–Kier alpha value is -2.77. The minimum atomic E-state index is -2.74. The predicted molar refractivity (Wildman–Crippen MR) is 77.8 cm³/mol. The summed E-state index contributed by atoms with van der Waals surface area (Å²) in [6.45, 7) is -1.13. The van der Waals surface area contributed by atoms with Crippen LogP contribution in [-0.4, -0.2) is 20.6 Å². The Balaban J connectivity index is 1.84. The van der Waals surface area contributed by atoms with Gasteiger partial charge >= 0.3 is 6.55 Å². The topological polar surface area (TPSA) is 73.0 Å². The minimum Gasteiger partial charge on any atom is -0.364 e. The molecule has 120 valence electrons. The first kappa shape index (κ1) is 15.1. The average Bonchev–Trinajstić information content (AvgIpc) is 3.13. The molecule has 1 aromatic carbocycles. The molecule has 8 heteroatoms. The van der Waals surface area contributed by atoms with Gasteiger partial charge in [-0.2, -0.15) is 8.78 Å². The molecule has 1 N–H and O–H groups in total. The number of rotatable bonds is 5. The molecule has 0 saturated heterocycles. The molecule has 0 aliphatic carbocycles. The van der Waals surface area contributed by atoms with Crippen LogP contribution < -0.4 is 5.32 Å². The molecule has 3 rings (SSSR count). The molecular weight excluding hydrogens is 306 g/mol. The van der Waals surface area contributed by atoms with Gasteiger partial charge in [0.25, 0.3) is 0 Å². The SMILES string of the molecule is CC(NC(=O)Cc1ccon1)c1nc2ccccc2n1C(F)F. The molecule has 0 fully saturated rings. The van der Waals surface area contributed by atoms with Crippen molar-refractivity contribution >= 4 is 16.9 Å². The third-order valence-electron chi connectivity index (χ3n) is 3.42. The zero-order valence-electron chi connectivity index (χ0n) is 12.2. The molecular formula is C15H14F2N4O2. The number of aromatic nitrogens is 3. The minimum absolute atomic E-state index is 0.00967. The van der Waals surface area contributed by atoms with E-state index in [1.807, 2.05) is 0 Å². The van der Waals surface area contributed by atoms with Gasteiger partial charge in [-0.15, -0.1) is 0 Å². The molecule has 1 unspecified atom stereocenters. The lowest BCUT2D eigenvalue weighted by atomic mass is 10.2. The highest BCUT2D eigenvalue weighted by atomic mass is 19.3. The van der Waals surface area contributed by atoms with Crippen LogP contribution in [0.4, 0.5) is 8.78 Å². The Morgan fingerprint density at radius 3 is 2.83 bits per heavy atom. The number of carbonyl (C=O) groups excluding carboxylic acids is 1. The molecule has 0 aliphatic heterocycles. The highest BCUT2D eigenvalue weighted by Crippen LogP contribution is 2.26. The van der Waals surface area contributed by atoms with Gasteiger partial charge in [-0.3, -0.25) is 9.36 Å². The molecule has 2 aromatic heterocycles. The van der Waals surface area contributed by atoms with Gasteiger partial charge in [-0.05, 0) is 19.1 Å². The van der Waals surface area contributed by atoms with Crippen LogP contribution in [-0.2, 0) is 11.2 Å². The Labute approximate surface area is 130 Å². The van der Waals surface area contributed by atoms with Crippen LogP contribution in [0, 0.1) is 0 Å². The number of hydrogen-bond donors (Lipinski definition) is 1. The van der Waals surface area contributed by atoms with Gasteiger partial charge in [-0.25, -0.2) is 4.98 Å². The van der Waals surface area contributed by atoms with Crippen LogP contribution in [0.2, 0.25) is 0 Å². The summed E-state index contributed by atoms with van der Waals surface area (Å²) in [6, 6.07) is 7.52. The Morgan fingerprint density at radius 1 is 1.35 bits per heavy atom. The number of nitrogens with one attached hydrogen (secondary N) is 1. The first-order valence-electron chi connectivity index (χ1n) is 7.00. The molecule has 1 amide bonds. The van der Waals surface area contributed by atoms with Crippen molar-refractivity contribution in [3.63, 3.8) is 0 Å². The number of hydrogen-bond acceptors (Lipinski definition) is 4. The van der Waals surface area contributed by atoms with Gasteiger partial charge in [-0.1, -0.05) is 17.3 Å². The average molecular weight is 320 g/mol. The normalized spacial score (nSPS) is 12.7. The van der Waals surface area contributed by atoms with Crippen molar-refractivity contribution in [2.45, 2.75) is 25.9 Å². The number of halogens is 2. The fourth-order valence-corrected chi connectivity index (χ4v) is 2.42. The summed E-state index contributed by atoms with van der Waals surface area (Å²) >= 11 is 0. The first-order chi connectivity index (χ1) is 11.1. The largest absolute Gasteiger partial charge is 0.364 e. The lowest BCUT2D eigenvalue weighted by Gasteiger charge is -2.15. The van der Waals surface area contributed by atoms with E-state index in [0.717, 1.165) is 4.57 Å². The van der Waals surface area contributed by atoms with Crippen molar-refractivity contribution in [1.82, 2.24) is 20.0 Å². The quantitative estimate of drug-likeness (QED) is 0.784. The van der Waals surface area contributed by atoms with Gasteiger partial charge < -0.3 is 9.84 Å². The van der Waals surface area contributed by atoms with Crippen LogP contribution in [0.25, 0.3) is 11.0 Å². The van der Waals surface area contributed by atoms with E-state index in [0.29, 0.717) is 16.7 Å². The van der Waals surface area contributed by atoms with Crippen molar-refractivity contribution in [2.24, 2.45) is 0 Å². The van der Waals surface area contributed by atoms with E-state index < -0.39 is 12.6 Å². The predicted octanol–water partition coefficient (Wildman–Crippen LogP) is 2.84. The van der Waals surface area contributed by atoms with Gasteiger partial charge in [0.1, 0.15) is 12.1 Å². The van der Waals surface area contributed by atoms with Crippen molar-refractivity contribution in [2.75, 3.05) is 0 Å². The smallest absolute Gasteiger partial charge is 0.320 e. The van der Waals surface area contributed by atoms with Gasteiger partial charge in [0, 0.05) is 6.07 Å². The Kier molecular flexibility index (Phi) is 4.05. The number of alkyl halides is 2. The fourth-order valence-electron chi connectivity index (χ4n) is 2.42. The zero-order chi connectivity index (χ0) is 16.4.